The number of nitrogens with zero attached hydrogens (tertiary/aromatic N) is 2. The molecule has 4 atom stereocenters. The van der Waals surface area contributed by atoms with Crippen LogP contribution >= 0.6 is 0 Å². The summed E-state index contributed by atoms with van der Waals surface area (Å²) in [6, 6.07) is 9.46. The van der Waals surface area contributed by atoms with Gasteiger partial charge >= 0.3 is 6.09 Å². The van der Waals surface area contributed by atoms with Crippen molar-refractivity contribution in [3.8, 4) is 0 Å². The lowest BCUT2D eigenvalue weighted by atomic mass is 9.84. The van der Waals surface area contributed by atoms with E-state index in [-0.39, 0.29) is 30.5 Å². The van der Waals surface area contributed by atoms with Gasteiger partial charge in [0.25, 0.3) is 0 Å². The summed E-state index contributed by atoms with van der Waals surface area (Å²) in [6.07, 6.45) is 2.55. The second kappa shape index (κ2) is 10.8. The van der Waals surface area contributed by atoms with E-state index in [0.717, 1.165) is 24.8 Å². The van der Waals surface area contributed by atoms with Gasteiger partial charge < -0.3 is 25.2 Å². The molecule has 0 radical (unpaired) electrons. The summed E-state index contributed by atoms with van der Waals surface area (Å²) in [6.45, 7) is 6.57. The van der Waals surface area contributed by atoms with Gasteiger partial charge in [-0.2, -0.15) is 0 Å². The van der Waals surface area contributed by atoms with Crippen LogP contribution in [0.4, 0.5) is 4.79 Å². The maximum Gasteiger partial charge on any atom is 0.408 e. The van der Waals surface area contributed by atoms with Crippen LogP contribution in [0.2, 0.25) is 0 Å². The van der Waals surface area contributed by atoms with Crippen molar-refractivity contribution in [1.29, 1.82) is 0 Å². The molecule has 8 nitrogen and oxygen atoms in total. The Hall–Kier alpha value is -2.61. The van der Waals surface area contributed by atoms with E-state index in [2.05, 4.69) is 36.4 Å². The minimum atomic E-state index is -0.590. The van der Waals surface area contributed by atoms with Crippen LogP contribution in [0.1, 0.15) is 52.0 Å². The largest absolute Gasteiger partial charge is 0.445 e. The summed E-state index contributed by atoms with van der Waals surface area (Å²) in [5.41, 5.74) is 0.892. The average molecular weight is 445 g/mol. The van der Waals surface area contributed by atoms with Crippen LogP contribution in [-0.2, 0) is 20.9 Å². The number of ether oxygens (including phenoxy) is 1. The number of nitrogens with one attached hydrogen (secondary N) is 2. The van der Waals surface area contributed by atoms with Crippen molar-refractivity contribution in [3.05, 3.63) is 35.9 Å². The minimum Gasteiger partial charge on any atom is -0.445 e. The van der Waals surface area contributed by atoms with Crippen molar-refractivity contribution in [1.82, 2.24) is 20.4 Å². The Morgan fingerprint density at radius 3 is 2.53 bits per heavy atom. The molecule has 2 aliphatic rings. The lowest BCUT2D eigenvalue weighted by molar-refractivity contribution is -0.134. The Kier molecular flexibility index (Phi) is 8.12. The molecule has 1 aromatic carbocycles. The highest BCUT2D eigenvalue weighted by molar-refractivity contribution is 5.88. The molecule has 1 saturated carbocycles. The second-order valence-corrected chi connectivity index (χ2v) is 9.18. The predicted octanol–water partition coefficient (Wildman–Crippen LogP) is 2.28. The molecular formula is C24H36N4O4. The fourth-order valence-electron chi connectivity index (χ4n) is 4.79. The lowest BCUT2D eigenvalue weighted by Gasteiger charge is -2.44. The second-order valence-electron chi connectivity index (χ2n) is 9.18. The van der Waals surface area contributed by atoms with Gasteiger partial charge in [-0.25, -0.2) is 4.79 Å². The van der Waals surface area contributed by atoms with Gasteiger partial charge in [-0.1, -0.05) is 30.3 Å². The molecule has 32 heavy (non-hydrogen) atoms. The number of hydrogen-bond donors (Lipinski definition) is 2. The molecule has 3 amide bonds. The summed E-state index contributed by atoms with van der Waals surface area (Å²) in [7, 11) is 2.11. The van der Waals surface area contributed by atoms with Crippen molar-refractivity contribution >= 4 is 17.9 Å². The van der Waals surface area contributed by atoms with Crippen molar-refractivity contribution in [2.24, 2.45) is 0 Å². The number of alkyl carbamates (subject to hydrolysis) is 1. The van der Waals surface area contributed by atoms with Crippen LogP contribution in [0, 0.1) is 0 Å². The molecule has 1 aliphatic heterocycles. The Labute approximate surface area is 190 Å². The van der Waals surface area contributed by atoms with Crippen LogP contribution in [0.5, 0.6) is 0 Å². The molecule has 0 spiro atoms. The smallest absolute Gasteiger partial charge is 0.408 e. The molecule has 1 aliphatic carbocycles. The van der Waals surface area contributed by atoms with E-state index in [1.54, 1.807) is 0 Å². The standard InChI is InChI=1S/C24H36N4O4/c1-16(2)27(4)19-10-11-22(21(14-19)25-17(3)29)28-13-12-20(23(28)30)26-24(31)32-15-18-8-6-5-7-9-18/h5-9,16,19-22H,10-15H2,1-4H3,(H,25,29)(H,26,31)/t19-,20+,21-,22?/m1/s1. The summed E-state index contributed by atoms with van der Waals surface area (Å²) < 4.78 is 5.27. The van der Waals surface area contributed by atoms with Crippen LogP contribution in [0.3, 0.4) is 0 Å². The molecule has 0 bridgehead atoms. The van der Waals surface area contributed by atoms with Gasteiger partial charge in [0.15, 0.2) is 0 Å². The molecule has 3 rings (SSSR count). The number of carbonyl (C=O) groups is 3. The fraction of sp³-hybridized carbons (Fsp3) is 0.625. The third-order valence-corrected chi connectivity index (χ3v) is 6.71. The zero-order chi connectivity index (χ0) is 23.3. The summed E-state index contributed by atoms with van der Waals surface area (Å²) in [4.78, 5) is 41.4. The molecule has 1 saturated heterocycles. The summed E-state index contributed by atoms with van der Waals surface area (Å²) in [5.74, 6) is -0.184. The monoisotopic (exact) mass is 444 g/mol. The SMILES string of the molecule is CC(=O)N[C@@H]1C[C@H](N(C)C(C)C)CCC1N1CC[C@H](NC(=O)OCc2ccccc2)C1=O. The highest BCUT2D eigenvalue weighted by atomic mass is 16.5. The van der Waals surface area contributed by atoms with E-state index >= 15 is 0 Å². The van der Waals surface area contributed by atoms with E-state index in [0.29, 0.717) is 25.0 Å². The number of likely N-dealkylation sites (tertiary alicyclic amines) is 1. The van der Waals surface area contributed by atoms with Crippen molar-refractivity contribution < 1.29 is 19.1 Å². The van der Waals surface area contributed by atoms with Gasteiger partial charge in [0.1, 0.15) is 12.6 Å². The highest BCUT2D eigenvalue weighted by Crippen LogP contribution is 2.30. The summed E-state index contributed by atoms with van der Waals surface area (Å²) in [5, 5.41) is 5.79. The van der Waals surface area contributed by atoms with Crippen molar-refractivity contribution in [2.45, 2.75) is 83.3 Å². The normalized spacial score (nSPS) is 25.8. The van der Waals surface area contributed by atoms with Gasteiger partial charge in [0, 0.05) is 25.6 Å². The van der Waals surface area contributed by atoms with E-state index in [4.69, 9.17) is 4.74 Å². The number of hydrogen-bond acceptors (Lipinski definition) is 5. The molecular weight excluding hydrogens is 408 g/mol. The highest BCUT2D eigenvalue weighted by Gasteiger charge is 2.43. The minimum absolute atomic E-state index is 0.0599. The molecule has 176 valence electrons. The Bertz CT molecular complexity index is 800. The third-order valence-electron chi connectivity index (χ3n) is 6.71. The third kappa shape index (κ3) is 6.00. The van der Waals surface area contributed by atoms with Crippen molar-refractivity contribution in [2.75, 3.05) is 13.6 Å². The lowest BCUT2D eigenvalue weighted by Crippen LogP contribution is -2.58. The van der Waals surface area contributed by atoms with Crippen LogP contribution < -0.4 is 10.6 Å². The van der Waals surface area contributed by atoms with Crippen molar-refractivity contribution in [3.63, 3.8) is 0 Å². The Morgan fingerprint density at radius 2 is 1.88 bits per heavy atom. The van der Waals surface area contributed by atoms with Crippen LogP contribution in [0.15, 0.2) is 30.3 Å². The first-order valence-electron chi connectivity index (χ1n) is 11.5. The number of benzene rings is 1. The average Bonchev–Trinajstić information content (AvgIpc) is 3.11. The first-order chi connectivity index (χ1) is 15.3. The van der Waals surface area contributed by atoms with Gasteiger partial charge in [-0.15, -0.1) is 0 Å². The molecule has 8 heteroatoms. The first kappa shape index (κ1) is 24.0. The zero-order valence-electron chi connectivity index (χ0n) is 19.5. The first-order valence-corrected chi connectivity index (χ1v) is 11.5. The Balaban J connectivity index is 1.58. The number of amides is 3. The number of carbonyl (C=O) groups excluding carboxylic acids is 3. The van der Waals surface area contributed by atoms with E-state index in [1.807, 2.05) is 35.2 Å². The van der Waals surface area contributed by atoms with E-state index in [1.165, 1.54) is 6.92 Å². The molecule has 1 aromatic rings. The quantitative estimate of drug-likeness (QED) is 0.673. The van der Waals surface area contributed by atoms with Gasteiger partial charge in [-0.05, 0) is 52.1 Å². The number of rotatable bonds is 7. The van der Waals surface area contributed by atoms with Gasteiger partial charge in [0.2, 0.25) is 11.8 Å². The molecule has 0 aromatic heterocycles. The zero-order valence-corrected chi connectivity index (χ0v) is 19.5. The molecule has 2 N–H and O–H groups in total. The topological polar surface area (TPSA) is 91.0 Å². The van der Waals surface area contributed by atoms with E-state index < -0.39 is 12.1 Å². The summed E-state index contributed by atoms with van der Waals surface area (Å²) >= 11 is 0. The Morgan fingerprint density at radius 1 is 1.16 bits per heavy atom. The van der Waals surface area contributed by atoms with Gasteiger partial charge in [0.05, 0.1) is 12.1 Å². The van der Waals surface area contributed by atoms with Crippen LogP contribution in [-0.4, -0.2) is 71.5 Å². The molecule has 1 unspecified atom stereocenters. The fourth-order valence-corrected chi connectivity index (χ4v) is 4.79. The molecule has 2 fully saturated rings. The maximum atomic E-state index is 13.1. The molecule has 1 heterocycles. The maximum absolute atomic E-state index is 13.1. The van der Waals surface area contributed by atoms with Gasteiger partial charge in [-0.3, -0.25) is 9.59 Å². The predicted molar refractivity (Wildman–Crippen MR) is 122 cm³/mol. The van der Waals surface area contributed by atoms with E-state index in [9.17, 15) is 14.4 Å². The van der Waals surface area contributed by atoms with Crippen LogP contribution in [0.25, 0.3) is 0 Å².